The third-order valence-electron chi connectivity index (χ3n) is 2.34. The highest BCUT2D eigenvalue weighted by molar-refractivity contribution is 5.72. The molecule has 0 fully saturated rings. The van der Waals surface area contributed by atoms with Crippen molar-refractivity contribution in [3.8, 4) is 0 Å². The normalized spacial score (nSPS) is 12.4. The van der Waals surface area contributed by atoms with E-state index in [9.17, 15) is 9.59 Å². The minimum Gasteiger partial charge on any atom is -0.479 e. The van der Waals surface area contributed by atoms with E-state index in [1.165, 1.54) is 4.57 Å². The molecule has 6 heteroatoms. The lowest BCUT2D eigenvalue weighted by atomic mass is 10.3. The highest BCUT2D eigenvalue weighted by Gasteiger charge is 2.19. The number of ether oxygens (including phenoxy) is 1. The second-order valence-electron chi connectivity index (χ2n) is 3.71. The summed E-state index contributed by atoms with van der Waals surface area (Å²) in [5.74, 6) is -1.08. The zero-order chi connectivity index (χ0) is 13.0. The molecule has 0 saturated heterocycles. The molecule has 0 radical (unpaired) electrons. The molecule has 1 heterocycles. The van der Waals surface area contributed by atoms with Crippen LogP contribution in [0.5, 0.6) is 0 Å². The molecule has 1 N–H and O–H groups in total. The summed E-state index contributed by atoms with van der Waals surface area (Å²) >= 11 is 0. The van der Waals surface area contributed by atoms with E-state index in [2.05, 4.69) is 4.98 Å². The van der Waals surface area contributed by atoms with Crippen molar-refractivity contribution in [1.29, 1.82) is 0 Å². The summed E-state index contributed by atoms with van der Waals surface area (Å²) in [6.45, 7) is 5.42. The first-order chi connectivity index (χ1) is 7.95. The zero-order valence-corrected chi connectivity index (χ0v) is 10.1. The van der Waals surface area contributed by atoms with E-state index >= 15 is 0 Å². The Balaban J connectivity index is 3.01. The van der Waals surface area contributed by atoms with Crippen LogP contribution in [0.3, 0.4) is 0 Å². The van der Waals surface area contributed by atoms with Gasteiger partial charge in [0.25, 0.3) is 0 Å². The fourth-order valence-corrected chi connectivity index (χ4v) is 1.57. The molecule has 1 atom stereocenters. The molecule has 0 aliphatic rings. The fourth-order valence-electron chi connectivity index (χ4n) is 1.57. The smallest absolute Gasteiger partial charge is 0.348 e. The Labute approximate surface area is 98.9 Å². The van der Waals surface area contributed by atoms with Gasteiger partial charge in [0, 0.05) is 18.0 Å². The molecule has 0 aliphatic carbocycles. The van der Waals surface area contributed by atoms with Crippen LogP contribution in [0.2, 0.25) is 0 Å². The van der Waals surface area contributed by atoms with Gasteiger partial charge in [-0.2, -0.15) is 4.98 Å². The van der Waals surface area contributed by atoms with Gasteiger partial charge in [0.1, 0.15) is 0 Å². The Bertz CT molecular complexity index is 467. The summed E-state index contributed by atoms with van der Waals surface area (Å²) in [5, 5.41) is 8.94. The van der Waals surface area contributed by atoms with Crippen molar-refractivity contribution in [1.82, 2.24) is 9.55 Å². The molecular formula is C11H16N2O4. The Morgan fingerprint density at radius 1 is 1.59 bits per heavy atom. The van der Waals surface area contributed by atoms with Gasteiger partial charge in [-0.15, -0.1) is 0 Å². The fraction of sp³-hybridized carbons (Fsp3) is 0.545. The average molecular weight is 240 g/mol. The highest BCUT2D eigenvalue weighted by atomic mass is 16.5. The quantitative estimate of drug-likeness (QED) is 0.803. The van der Waals surface area contributed by atoms with Crippen LogP contribution >= 0.6 is 0 Å². The summed E-state index contributed by atoms with van der Waals surface area (Å²) in [6.07, 6.45) is -1.03. The lowest BCUT2D eigenvalue weighted by Gasteiger charge is -2.15. The van der Waals surface area contributed by atoms with Crippen molar-refractivity contribution in [2.24, 2.45) is 0 Å². The molecule has 6 nitrogen and oxygen atoms in total. The molecule has 0 amide bonds. The Morgan fingerprint density at radius 3 is 2.71 bits per heavy atom. The third kappa shape index (κ3) is 3.39. The Hall–Kier alpha value is -1.69. The summed E-state index contributed by atoms with van der Waals surface area (Å²) in [4.78, 5) is 26.3. The Morgan fingerprint density at radius 2 is 2.24 bits per heavy atom. The van der Waals surface area contributed by atoms with Crippen molar-refractivity contribution in [2.45, 2.75) is 33.4 Å². The van der Waals surface area contributed by atoms with Gasteiger partial charge in [0.15, 0.2) is 6.10 Å². The summed E-state index contributed by atoms with van der Waals surface area (Å²) in [7, 11) is 0. The van der Waals surface area contributed by atoms with Crippen LogP contribution in [0, 0.1) is 13.8 Å². The van der Waals surface area contributed by atoms with Crippen molar-refractivity contribution >= 4 is 5.97 Å². The van der Waals surface area contributed by atoms with Gasteiger partial charge in [-0.3, -0.25) is 4.57 Å². The second-order valence-corrected chi connectivity index (χ2v) is 3.71. The van der Waals surface area contributed by atoms with Crippen molar-refractivity contribution in [3.63, 3.8) is 0 Å². The van der Waals surface area contributed by atoms with E-state index in [1.54, 1.807) is 26.8 Å². The molecule has 1 aromatic heterocycles. The van der Waals surface area contributed by atoms with Crippen LogP contribution in [-0.2, 0) is 16.1 Å². The average Bonchev–Trinajstić information content (AvgIpc) is 2.21. The van der Waals surface area contributed by atoms with Gasteiger partial charge < -0.3 is 9.84 Å². The van der Waals surface area contributed by atoms with Gasteiger partial charge in [-0.05, 0) is 26.8 Å². The predicted molar refractivity (Wildman–Crippen MR) is 61.0 cm³/mol. The van der Waals surface area contributed by atoms with Crippen LogP contribution in [0.25, 0.3) is 0 Å². The van der Waals surface area contributed by atoms with E-state index in [1.807, 2.05) is 0 Å². The molecule has 1 unspecified atom stereocenters. The van der Waals surface area contributed by atoms with Gasteiger partial charge >= 0.3 is 11.7 Å². The minimum atomic E-state index is -1.08. The van der Waals surface area contributed by atoms with Crippen molar-refractivity contribution in [2.75, 3.05) is 6.61 Å². The molecule has 1 aromatic rings. The first-order valence-corrected chi connectivity index (χ1v) is 5.35. The monoisotopic (exact) mass is 240 g/mol. The molecule has 0 bridgehead atoms. The van der Waals surface area contributed by atoms with Gasteiger partial charge in [-0.25, -0.2) is 9.59 Å². The van der Waals surface area contributed by atoms with Crippen LogP contribution in [0.1, 0.15) is 18.3 Å². The van der Waals surface area contributed by atoms with E-state index < -0.39 is 17.8 Å². The number of hydrogen-bond donors (Lipinski definition) is 1. The maximum atomic E-state index is 11.6. The number of nitrogens with zero attached hydrogens (tertiary/aromatic N) is 2. The van der Waals surface area contributed by atoms with Crippen molar-refractivity contribution in [3.05, 3.63) is 27.9 Å². The van der Waals surface area contributed by atoms with Gasteiger partial charge in [0.05, 0.1) is 6.54 Å². The molecule has 0 aromatic carbocycles. The lowest BCUT2D eigenvalue weighted by Crippen LogP contribution is -2.36. The number of hydrogen-bond acceptors (Lipinski definition) is 4. The lowest BCUT2D eigenvalue weighted by molar-refractivity contribution is -0.151. The number of carbonyl (C=O) groups is 1. The molecule has 0 aliphatic heterocycles. The molecule has 0 spiro atoms. The summed E-state index contributed by atoms with van der Waals surface area (Å²) in [6, 6.07) is 1.73. The molecule has 17 heavy (non-hydrogen) atoms. The number of carboxylic acids is 1. The van der Waals surface area contributed by atoms with Crippen LogP contribution < -0.4 is 5.69 Å². The third-order valence-corrected chi connectivity index (χ3v) is 2.34. The van der Waals surface area contributed by atoms with Gasteiger partial charge in [0.2, 0.25) is 0 Å². The van der Waals surface area contributed by atoms with E-state index in [4.69, 9.17) is 9.84 Å². The van der Waals surface area contributed by atoms with Crippen molar-refractivity contribution < 1.29 is 14.6 Å². The second kappa shape index (κ2) is 5.58. The molecule has 1 rings (SSSR count). The number of aromatic nitrogens is 2. The largest absolute Gasteiger partial charge is 0.479 e. The molecule has 0 saturated carbocycles. The SMILES string of the molecule is CCOC(Cn1c(C)cc(C)nc1=O)C(=O)O. The van der Waals surface area contributed by atoms with E-state index in [0.29, 0.717) is 11.4 Å². The first kappa shape index (κ1) is 13.4. The number of aliphatic carboxylic acids is 1. The highest BCUT2D eigenvalue weighted by Crippen LogP contribution is 2.01. The summed E-state index contributed by atoms with van der Waals surface area (Å²) in [5.41, 5.74) is 0.842. The maximum Gasteiger partial charge on any atom is 0.348 e. The summed E-state index contributed by atoms with van der Waals surface area (Å²) < 4.78 is 6.37. The molecular weight excluding hydrogens is 224 g/mol. The topological polar surface area (TPSA) is 81.4 Å². The van der Waals surface area contributed by atoms with Gasteiger partial charge in [-0.1, -0.05) is 0 Å². The number of carboxylic acid groups (broad SMARTS) is 1. The zero-order valence-electron chi connectivity index (χ0n) is 10.1. The maximum absolute atomic E-state index is 11.6. The Kier molecular flexibility index (Phi) is 4.39. The van der Waals surface area contributed by atoms with Crippen LogP contribution in [0.4, 0.5) is 0 Å². The first-order valence-electron chi connectivity index (χ1n) is 5.35. The van der Waals surface area contributed by atoms with Crippen LogP contribution in [-0.4, -0.2) is 33.3 Å². The van der Waals surface area contributed by atoms with E-state index in [-0.39, 0.29) is 13.2 Å². The number of aryl methyl sites for hydroxylation is 2. The number of rotatable bonds is 5. The predicted octanol–water partition coefficient (Wildman–Crippen LogP) is 0.350. The van der Waals surface area contributed by atoms with Crippen LogP contribution in [0.15, 0.2) is 10.9 Å². The minimum absolute atomic E-state index is 0.0267. The standard InChI is InChI=1S/C11H16N2O4/c1-4-17-9(10(14)15)6-13-8(3)5-7(2)12-11(13)16/h5,9H,4,6H2,1-3H3,(H,14,15). The van der Waals surface area contributed by atoms with E-state index in [0.717, 1.165) is 0 Å². The molecule has 94 valence electrons.